The van der Waals surface area contributed by atoms with Gasteiger partial charge >= 0.3 is 0 Å². The minimum atomic E-state index is 0.785. The van der Waals surface area contributed by atoms with Crippen molar-refractivity contribution in [3.63, 3.8) is 0 Å². The fraction of sp³-hybridized carbons (Fsp3) is 1.00. The molecule has 0 aromatic rings. The molecule has 10 heavy (non-hydrogen) atoms. The van der Waals surface area contributed by atoms with E-state index in [1.54, 1.807) is 0 Å². The second-order valence-corrected chi connectivity index (χ2v) is 4.25. The van der Waals surface area contributed by atoms with Gasteiger partial charge in [0.15, 0.2) is 0 Å². The lowest BCUT2D eigenvalue weighted by molar-refractivity contribution is 0.125. The van der Waals surface area contributed by atoms with Crippen LogP contribution >= 0.6 is 11.8 Å². The van der Waals surface area contributed by atoms with Gasteiger partial charge < -0.3 is 10.1 Å². The molecule has 2 unspecified atom stereocenters. The Kier molecular flexibility index (Phi) is 2.16. The van der Waals surface area contributed by atoms with Crippen molar-refractivity contribution in [1.82, 2.24) is 5.32 Å². The molecule has 2 aliphatic heterocycles. The lowest BCUT2D eigenvalue weighted by atomic mass is 10.1. The quantitative estimate of drug-likeness (QED) is 0.550. The van der Waals surface area contributed by atoms with E-state index in [2.05, 4.69) is 17.1 Å². The summed E-state index contributed by atoms with van der Waals surface area (Å²) < 4.78 is 5.45. The second-order valence-electron chi connectivity index (χ2n) is 2.90. The third-order valence-corrected chi connectivity index (χ3v) is 3.55. The highest BCUT2D eigenvalue weighted by Crippen LogP contribution is 2.25. The molecule has 2 nitrogen and oxygen atoms in total. The number of ether oxygens (including phenoxy) is 1. The summed E-state index contributed by atoms with van der Waals surface area (Å²) in [6.07, 6.45) is 0. The Morgan fingerprint density at radius 3 is 3.40 bits per heavy atom. The Bertz CT molecular complexity index is 108. The Balaban J connectivity index is 1.95. The smallest absolute Gasteiger partial charge is 0.0556 e. The first-order valence-electron chi connectivity index (χ1n) is 3.87. The van der Waals surface area contributed by atoms with Gasteiger partial charge in [0.1, 0.15) is 0 Å². The Morgan fingerprint density at radius 2 is 2.40 bits per heavy atom. The number of thioether (sulfide) groups is 1. The summed E-state index contributed by atoms with van der Waals surface area (Å²) in [5.41, 5.74) is 0. The van der Waals surface area contributed by atoms with E-state index in [4.69, 9.17) is 4.74 Å². The average Bonchev–Trinajstić information content (AvgIpc) is 2.28. The van der Waals surface area contributed by atoms with E-state index in [1.807, 2.05) is 0 Å². The molecule has 3 heteroatoms. The first-order valence-corrected chi connectivity index (χ1v) is 4.92. The van der Waals surface area contributed by atoms with Gasteiger partial charge in [-0.05, 0) is 0 Å². The molecular weight excluding hydrogens is 146 g/mol. The number of hydrogen-bond donors (Lipinski definition) is 1. The maximum atomic E-state index is 5.45. The van der Waals surface area contributed by atoms with Crippen LogP contribution in [0.4, 0.5) is 0 Å². The lowest BCUT2D eigenvalue weighted by Gasteiger charge is -2.11. The summed E-state index contributed by atoms with van der Waals surface area (Å²) in [6.45, 7) is 4.29. The maximum absolute atomic E-state index is 5.45. The van der Waals surface area contributed by atoms with Gasteiger partial charge in [-0.1, -0.05) is 0 Å². The predicted molar refractivity (Wildman–Crippen MR) is 43.4 cm³/mol. The Hall–Kier alpha value is 0.270. The van der Waals surface area contributed by atoms with Gasteiger partial charge in [0, 0.05) is 30.0 Å². The van der Waals surface area contributed by atoms with Crippen LogP contribution in [0.3, 0.4) is 0 Å². The molecule has 0 radical (unpaired) electrons. The van der Waals surface area contributed by atoms with Gasteiger partial charge in [-0.15, -0.1) is 0 Å². The van der Waals surface area contributed by atoms with Crippen molar-refractivity contribution in [2.75, 3.05) is 32.1 Å². The van der Waals surface area contributed by atoms with Crippen molar-refractivity contribution in [3.05, 3.63) is 0 Å². The predicted octanol–water partition coefficient (Wildman–Crippen LogP) is 0.338. The van der Waals surface area contributed by atoms with Crippen molar-refractivity contribution in [3.8, 4) is 0 Å². The molecule has 2 heterocycles. The van der Waals surface area contributed by atoms with Gasteiger partial charge in [-0.25, -0.2) is 0 Å². The van der Waals surface area contributed by atoms with Gasteiger partial charge in [-0.2, -0.15) is 11.8 Å². The van der Waals surface area contributed by atoms with Crippen LogP contribution in [0.1, 0.15) is 0 Å². The molecule has 2 saturated heterocycles. The zero-order valence-electron chi connectivity index (χ0n) is 6.01. The standard InChI is InChI=1S/C7H13NOS/c1-2-10-7-4-8-3-6(7)5-9-1/h6-8H,1-5H2. The molecular formula is C7H13NOS. The third kappa shape index (κ3) is 1.31. The van der Waals surface area contributed by atoms with E-state index in [1.165, 1.54) is 12.3 Å². The van der Waals surface area contributed by atoms with E-state index in [0.29, 0.717) is 0 Å². The molecule has 0 bridgehead atoms. The summed E-state index contributed by atoms with van der Waals surface area (Å²) >= 11 is 2.07. The highest BCUT2D eigenvalue weighted by atomic mass is 32.2. The minimum Gasteiger partial charge on any atom is -0.380 e. The molecule has 0 aromatic heterocycles. The van der Waals surface area contributed by atoms with E-state index >= 15 is 0 Å². The van der Waals surface area contributed by atoms with Crippen LogP contribution in [-0.4, -0.2) is 37.3 Å². The van der Waals surface area contributed by atoms with E-state index < -0.39 is 0 Å². The fourth-order valence-corrected chi connectivity index (χ4v) is 2.76. The minimum absolute atomic E-state index is 0.785. The van der Waals surface area contributed by atoms with E-state index in [9.17, 15) is 0 Å². The van der Waals surface area contributed by atoms with Crippen LogP contribution in [0.15, 0.2) is 0 Å². The topological polar surface area (TPSA) is 21.3 Å². The van der Waals surface area contributed by atoms with E-state index in [0.717, 1.165) is 30.9 Å². The molecule has 1 N–H and O–H groups in total. The fourth-order valence-electron chi connectivity index (χ4n) is 1.56. The average molecular weight is 159 g/mol. The van der Waals surface area contributed by atoms with Gasteiger partial charge in [0.05, 0.1) is 13.2 Å². The van der Waals surface area contributed by atoms with Crippen LogP contribution in [-0.2, 0) is 4.74 Å². The molecule has 2 fully saturated rings. The third-order valence-electron chi connectivity index (χ3n) is 2.17. The zero-order valence-corrected chi connectivity index (χ0v) is 6.82. The Labute approximate surface area is 65.7 Å². The van der Waals surface area contributed by atoms with Gasteiger partial charge in [0.25, 0.3) is 0 Å². The summed E-state index contributed by atoms with van der Waals surface area (Å²) in [5, 5.41) is 4.23. The van der Waals surface area contributed by atoms with Crippen LogP contribution in [0.2, 0.25) is 0 Å². The lowest BCUT2D eigenvalue weighted by Crippen LogP contribution is -2.17. The van der Waals surface area contributed by atoms with Gasteiger partial charge in [-0.3, -0.25) is 0 Å². The van der Waals surface area contributed by atoms with Crippen LogP contribution < -0.4 is 5.32 Å². The van der Waals surface area contributed by atoms with Crippen LogP contribution in [0, 0.1) is 5.92 Å². The monoisotopic (exact) mass is 159 g/mol. The van der Waals surface area contributed by atoms with Gasteiger partial charge in [0.2, 0.25) is 0 Å². The molecule has 0 aliphatic carbocycles. The number of nitrogens with one attached hydrogen (secondary N) is 1. The highest BCUT2D eigenvalue weighted by Gasteiger charge is 2.28. The second kappa shape index (κ2) is 3.11. The molecule has 0 spiro atoms. The molecule has 0 saturated carbocycles. The first-order chi connectivity index (χ1) is 4.97. The SMILES string of the molecule is C1CSC2CNCC2CO1. The van der Waals surface area contributed by atoms with Crippen molar-refractivity contribution >= 4 is 11.8 Å². The zero-order chi connectivity index (χ0) is 6.81. The normalized spacial score (nSPS) is 40.8. The molecule has 0 aromatic carbocycles. The molecule has 0 amide bonds. The van der Waals surface area contributed by atoms with Crippen molar-refractivity contribution in [2.45, 2.75) is 5.25 Å². The molecule has 2 atom stereocenters. The molecule has 2 rings (SSSR count). The van der Waals surface area contributed by atoms with E-state index in [-0.39, 0.29) is 0 Å². The van der Waals surface area contributed by atoms with Crippen molar-refractivity contribution in [1.29, 1.82) is 0 Å². The summed E-state index contributed by atoms with van der Waals surface area (Å²) in [7, 11) is 0. The largest absolute Gasteiger partial charge is 0.380 e. The number of hydrogen-bond acceptors (Lipinski definition) is 3. The van der Waals surface area contributed by atoms with Crippen molar-refractivity contribution in [2.24, 2.45) is 5.92 Å². The Morgan fingerprint density at radius 1 is 1.40 bits per heavy atom. The number of fused-ring (bicyclic) bond motifs is 1. The highest BCUT2D eigenvalue weighted by molar-refractivity contribution is 8.00. The molecule has 2 aliphatic rings. The maximum Gasteiger partial charge on any atom is 0.0556 e. The van der Waals surface area contributed by atoms with Crippen molar-refractivity contribution < 1.29 is 4.74 Å². The summed E-state index contributed by atoms with van der Waals surface area (Å²) in [4.78, 5) is 0. The summed E-state index contributed by atoms with van der Waals surface area (Å²) in [5.74, 6) is 1.97. The molecule has 58 valence electrons. The first kappa shape index (κ1) is 6.95. The van der Waals surface area contributed by atoms with Crippen LogP contribution in [0.25, 0.3) is 0 Å². The van der Waals surface area contributed by atoms with Crippen LogP contribution in [0.5, 0.6) is 0 Å². The summed E-state index contributed by atoms with van der Waals surface area (Å²) in [6, 6.07) is 0. The number of rotatable bonds is 0.